The smallest absolute Gasteiger partial charge is 0.416 e. The van der Waals surface area contributed by atoms with Gasteiger partial charge in [0.2, 0.25) is 0 Å². The van der Waals surface area contributed by atoms with Crippen LogP contribution in [0.1, 0.15) is 27.0 Å². The Bertz CT molecular complexity index is 849. The summed E-state index contributed by atoms with van der Waals surface area (Å²) in [5, 5.41) is 0. The van der Waals surface area contributed by atoms with Gasteiger partial charge in [-0.3, -0.25) is 4.79 Å². The highest BCUT2D eigenvalue weighted by Crippen LogP contribution is 2.37. The van der Waals surface area contributed by atoms with Crippen LogP contribution in [-0.4, -0.2) is 20.0 Å². The molecule has 1 aliphatic rings. The lowest BCUT2D eigenvalue weighted by molar-refractivity contribution is -0.137. The Morgan fingerprint density at radius 1 is 1.00 bits per heavy atom. The lowest BCUT2D eigenvalue weighted by Crippen LogP contribution is -2.04. The number of rotatable bonds is 3. The van der Waals surface area contributed by atoms with Crippen LogP contribution in [0.4, 0.5) is 13.2 Å². The second-order valence-electron chi connectivity index (χ2n) is 5.66. The monoisotopic (exact) mass is 348 g/mol. The van der Waals surface area contributed by atoms with E-state index in [-0.39, 0.29) is 5.78 Å². The number of halogens is 3. The average Bonchev–Trinajstić information content (AvgIpc) is 2.88. The SMILES string of the molecule is COc1cc2c(cc1OC)C(=O)C(=Cc1ccc(C(F)(F)F)cc1)C2. The molecule has 130 valence electrons. The molecule has 0 atom stereocenters. The molecule has 0 heterocycles. The zero-order chi connectivity index (χ0) is 18.2. The molecule has 3 nitrogen and oxygen atoms in total. The van der Waals surface area contributed by atoms with Gasteiger partial charge in [-0.25, -0.2) is 0 Å². The molecule has 0 amide bonds. The molecule has 0 saturated carbocycles. The Morgan fingerprint density at radius 3 is 2.16 bits per heavy atom. The van der Waals surface area contributed by atoms with Gasteiger partial charge in [0.15, 0.2) is 17.3 Å². The molecule has 0 bridgehead atoms. The fraction of sp³-hybridized carbons (Fsp3) is 0.211. The van der Waals surface area contributed by atoms with Crippen LogP contribution in [0.15, 0.2) is 42.0 Å². The molecule has 0 aliphatic heterocycles. The van der Waals surface area contributed by atoms with Gasteiger partial charge in [0.1, 0.15) is 0 Å². The molecule has 25 heavy (non-hydrogen) atoms. The van der Waals surface area contributed by atoms with Crippen LogP contribution in [-0.2, 0) is 12.6 Å². The van der Waals surface area contributed by atoms with Crippen LogP contribution in [0.3, 0.4) is 0 Å². The molecular formula is C19H15F3O3. The number of carbonyl (C=O) groups is 1. The van der Waals surface area contributed by atoms with E-state index >= 15 is 0 Å². The zero-order valence-corrected chi connectivity index (χ0v) is 13.6. The first-order valence-corrected chi connectivity index (χ1v) is 7.51. The van der Waals surface area contributed by atoms with Crippen molar-refractivity contribution in [3.8, 4) is 11.5 Å². The summed E-state index contributed by atoms with van der Waals surface area (Å²) in [6.45, 7) is 0. The molecule has 3 rings (SSSR count). The highest BCUT2D eigenvalue weighted by atomic mass is 19.4. The van der Waals surface area contributed by atoms with Gasteiger partial charge in [0.25, 0.3) is 0 Å². The number of fused-ring (bicyclic) bond motifs is 1. The predicted octanol–water partition coefficient (Wildman–Crippen LogP) is 4.55. The molecular weight excluding hydrogens is 333 g/mol. The zero-order valence-electron chi connectivity index (χ0n) is 13.6. The maximum absolute atomic E-state index is 12.6. The van der Waals surface area contributed by atoms with Crippen molar-refractivity contribution in [3.63, 3.8) is 0 Å². The second-order valence-corrected chi connectivity index (χ2v) is 5.66. The minimum atomic E-state index is -4.38. The number of alkyl halides is 3. The first kappa shape index (κ1) is 17.1. The lowest BCUT2D eigenvalue weighted by Gasteiger charge is -2.08. The number of methoxy groups -OCH3 is 2. The summed E-state index contributed by atoms with van der Waals surface area (Å²) in [7, 11) is 3.00. The number of ketones is 1. The summed E-state index contributed by atoms with van der Waals surface area (Å²) in [4.78, 5) is 12.6. The van der Waals surface area contributed by atoms with E-state index in [2.05, 4.69) is 0 Å². The summed E-state index contributed by atoms with van der Waals surface area (Å²) in [6, 6.07) is 8.10. The van der Waals surface area contributed by atoms with E-state index < -0.39 is 11.7 Å². The molecule has 0 radical (unpaired) electrons. The number of carbonyl (C=O) groups excluding carboxylic acids is 1. The molecule has 2 aromatic rings. The van der Waals surface area contributed by atoms with Crippen molar-refractivity contribution in [2.24, 2.45) is 0 Å². The third-order valence-corrected chi connectivity index (χ3v) is 4.11. The number of hydrogen-bond acceptors (Lipinski definition) is 3. The Labute approximate surface area is 142 Å². The van der Waals surface area contributed by atoms with Crippen LogP contribution >= 0.6 is 0 Å². The largest absolute Gasteiger partial charge is 0.493 e. The van der Waals surface area contributed by atoms with E-state index in [0.29, 0.717) is 34.6 Å². The Kier molecular flexibility index (Phi) is 4.29. The van der Waals surface area contributed by atoms with Gasteiger partial charge in [0.05, 0.1) is 19.8 Å². The highest BCUT2D eigenvalue weighted by Gasteiger charge is 2.30. The van der Waals surface area contributed by atoms with Crippen molar-refractivity contribution in [3.05, 3.63) is 64.2 Å². The maximum atomic E-state index is 12.6. The normalized spacial score (nSPS) is 15.4. The molecule has 1 aliphatic carbocycles. The fourth-order valence-electron chi connectivity index (χ4n) is 2.82. The van der Waals surface area contributed by atoms with E-state index in [4.69, 9.17) is 9.47 Å². The van der Waals surface area contributed by atoms with Crippen LogP contribution in [0.25, 0.3) is 6.08 Å². The van der Waals surface area contributed by atoms with E-state index in [1.54, 1.807) is 18.2 Å². The summed E-state index contributed by atoms with van der Waals surface area (Å²) in [5.74, 6) is 0.839. The van der Waals surface area contributed by atoms with E-state index in [0.717, 1.165) is 17.7 Å². The molecule has 0 spiro atoms. The Hall–Kier alpha value is -2.76. The average molecular weight is 348 g/mol. The quantitative estimate of drug-likeness (QED) is 0.764. The first-order valence-electron chi connectivity index (χ1n) is 7.51. The number of hydrogen-bond donors (Lipinski definition) is 0. The Balaban J connectivity index is 1.92. The van der Waals surface area contributed by atoms with Crippen molar-refractivity contribution >= 4 is 11.9 Å². The summed E-state index contributed by atoms with van der Waals surface area (Å²) in [6.07, 6.45) is -2.37. The standard InChI is InChI=1S/C19H15F3O3/c1-24-16-9-12-8-13(18(23)15(12)10-17(16)25-2)7-11-3-5-14(6-4-11)19(20,21)22/h3-7,9-10H,8H2,1-2H3. The third kappa shape index (κ3) is 3.24. The summed E-state index contributed by atoms with van der Waals surface area (Å²) >= 11 is 0. The minimum absolute atomic E-state index is 0.157. The van der Waals surface area contributed by atoms with Crippen molar-refractivity contribution in [2.45, 2.75) is 12.6 Å². The van der Waals surface area contributed by atoms with Gasteiger partial charge in [-0.2, -0.15) is 13.2 Å². The topological polar surface area (TPSA) is 35.5 Å². The molecule has 0 N–H and O–H groups in total. The maximum Gasteiger partial charge on any atom is 0.416 e. The van der Waals surface area contributed by atoms with Crippen molar-refractivity contribution in [1.82, 2.24) is 0 Å². The van der Waals surface area contributed by atoms with Gasteiger partial charge in [0, 0.05) is 17.6 Å². The van der Waals surface area contributed by atoms with Crippen LogP contribution in [0, 0.1) is 0 Å². The summed E-state index contributed by atoms with van der Waals surface area (Å²) < 4.78 is 48.3. The van der Waals surface area contributed by atoms with E-state index in [9.17, 15) is 18.0 Å². The van der Waals surface area contributed by atoms with Gasteiger partial charge in [-0.1, -0.05) is 12.1 Å². The van der Waals surface area contributed by atoms with Gasteiger partial charge in [-0.05, 0) is 41.5 Å². The number of ether oxygens (including phenoxy) is 2. The highest BCUT2D eigenvalue weighted by molar-refractivity contribution is 6.15. The van der Waals surface area contributed by atoms with Gasteiger partial charge >= 0.3 is 6.18 Å². The van der Waals surface area contributed by atoms with E-state index in [1.807, 2.05) is 0 Å². The van der Waals surface area contributed by atoms with Crippen molar-refractivity contribution < 1.29 is 27.4 Å². The van der Waals surface area contributed by atoms with Crippen LogP contribution < -0.4 is 9.47 Å². The summed E-state index contributed by atoms with van der Waals surface area (Å²) in [5.41, 5.74) is 1.68. The lowest BCUT2D eigenvalue weighted by atomic mass is 10.1. The van der Waals surface area contributed by atoms with Gasteiger partial charge in [-0.15, -0.1) is 0 Å². The predicted molar refractivity (Wildman–Crippen MR) is 87.0 cm³/mol. The van der Waals surface area contributed by atoms with Gasteiger partial charge < -0.3 is 9.47 Å². The second kappa shape index (κ2) is 6.27. The van der Waals surface area contributed by atoms with Crippen molar-refractivity contribution in [1.29, 1.82) is 0 Å². The third-order valence-electron chi connectivity index (χ3n) is 4.11. The van der Waals surface area contributed by atoms with Crippen LogP contribution in [0.2, 0.25) is 0 Å². The molecule has 0 fully saturated rings. The fourth-order valence-corrected chi connectivity index (χ4v) is 2.82. The molecule has 0 unspecified atom stereocenters. The molecule has 2 aromatic carbocycles. The van der Waals surface area contributed by atoms with E-state index in [1.165, 1.54) is 26.4 Å². The molecule has 6 heteroatoms. The first-order chi connectivity index (χ1) is 11.8. The number of Topliss-reactive ketones (excluding diaryl/α,β-unsaturated/α-hetero) is 1. The minimum Gasteiger partial charge on any atom is -0.493 e. The van der Waals surface area contributed by atoms with Crippen LogP contribution in [0.5, 0.6) is 11.5 Å². The number of benzene rings is 2. The molecule has 0 aromatic heterocycles. The van der Waals surface area contributed by atoms with Crippen molar-refractivity contribution in [2.75, 3.05) is 14.2 Å². The Morgan fingerprint density at radius 2 is 1.60 bits per heavy atom. The number of allylic oxidation sites excluding steroid dienone is 1. The molecule has 0 saturated heterocycles.